The molecule has 0 bridgehead atoms. The molecule has 4 N–H and O–H groups in total. The molecule has 0 unspecified atom stereocenters. The second-order valence-electron chi connectivity index (χ2n) is 3.20. The number of halogens is 2. The fraction of sp³-hybridized carbons (Fsp3) is 0.100. The lowest BCUT2D eigenvalue weighted by atomic mass is 10.3. The quantitative estimate of drug-likeness (QED) is 0.581. The third-order valence-corrected chi connectivity index (χ3v) is 2.60. The van der Waals surface area contributed by atoms with Crippen LogP contribution < -0.4 is 16.4 Å². The van der Waals surface area contributed by atoms with Gasteiger partial charge in [0.05, 0.1) is 27.3 Å². The Morgan fingerprint density at radius 3 is 2.28 bits per heavy atom. The maximum Gasteiger partial charge on any atom is 0.313 e. The molecule has 0 aliphatic heterocycles. The van der Waals surface area contributed by atoms with E-state index in [0.717, 1.165) is 0 Å². The molecule has 0 saturated carbocycles. The van der Waals surface area contributed by atoms with E-state index in [9.17, 15) is 9.59 Å². The summed E-state index contributed by atoms with van der Waals surface area (Å²) in [5.74, 6) is -1.78. The summed E-state index contributed by atoms with van der Waals surface area (Å²) in [6.45, 7) is -0.0577. The van der Waals surface area contributed by atoms with Gasteiger partial charge in [-0.15, -0.1) is 0 Å². The number of thiocarbonyl (C=S) groups is 1. The zero-order chi connectivity index (χ0) is 13.7. The third-order valence-electron chi connectivity index (χ3n) is 1.83. The third kappa shape index (κ3) is 4.14. The molecule has 2 amide bonds. The van der Waals surface area contributed by atoms with Crippen LogP contribution in [0.4, 0.5) is 5.69 Å². The lowest BCUT2D eigenvalue weighted by molar-refractivity contribution is -0.135. The summed E-state index contributed by atoms with van der Waals surface area (Å²) in [6.07, 6.45) is 0. The van der Waals surface area contributed by atoms with Gasteiger partial charge < -0.3 is 16.4 Å². The van der Waals surface area contributed by atoms with E-state index in [2.05, 4.69) is 22.9 Å². The lowest BCUT2D eigenvalue weighted by Gasteiger charge is -2.08. The van der Waals surface area contributed by atoms with Crippen molar-refractivity contribution in [3.8, 4) is 0 Å². The molecule has 1 rings (SSSR count). The van der Waals surface area contributed by atoms with Crippen LogP contribution in [0.5, 0.6) is 0 Å². The molecule has 18 heavy (non-hydrogen) atoms. The molecular formula is C10H9Cl2N3O2S. The van der Waals surface area contributed by atoms with Crippen LogP contribution in [0.1, 0.15) is 0 Å². The van der Waals surface area contributed by atoms with E-state index in [1.54, 1.807) is 6.07 Å². The Balaban J connectivity index is 2.70. The van der Waals surface area contributed by atoms with Gasteiger partial charge in [0.15, 0.2) is 0 Å². The first-order chi connectivity index (χ1) is 8.41. The molecule has 0 radical (unpaired) electrons. The van der Waals surface area contributed by atoms with Crippen LogP contribution in [0.15, 0.2) is 18.2 Å². The molecule has 1 aromatic carbocycles. The normalized spacial score (nSPS) is 9.67. The number of hydrogen-bond donors (Lipinski definition) is 3. The standard InChI is InChI=1S/C10H9Cl2N3O2S/c11-5-2-1-3-6(12)8(5)15-10(17)9(16)14-4-7(13)18/h1-3H,4H2,(H2,13,18)(H,14,16)(H,15,17). The van der Waals surface area contributed by atoms with Gasteiger partial charge in [0.25, 0.3) is 0 Å². The fourth-order valence-corrected chi connectivity index (χ4v) is 1.60. The second-order valence-corrected chi connectivity index (χ2v) is 4.54. The highest BCUT2D eigenvalue weighted by Crippen LogP contribution is 2.29. The largest absolute Gasteiger partial charge is 0.392 e. The predicted octanol–water partition coefficient (Wildman–Crippen LogP) is 1.33. The van der Waals surface area contributed by atoms with E-state index in [4.69, 9.17) is 28.9 Å². The molecule has 5 nitrogen and oxygen atoms in total. The van der Waals surface area contributed by atoms with Crippen molar-refractivity contribution in [3.63, 3.8) is 0 Å². The van der Waals surface area contributed by atoms with Gasteiger partial charge in [-0.2, -0.15) is 0 Å². The molecule has 96 valence electrons. The van der Waals surface area contributed by atoms with Crippen molar-refractivity contribution in [2.45, 2.75) is 0 Å². The smallest absolute Gasteiger partial charge is 0.313 e. The Bertz CT molecular complexity index is 488. The minimum atomic E-state index is -0.902. The Kier molecular flexibility index (Phi) is 5.33. The average molecular weight is 306 g/mol. The van der Waals surface area contributed by atoms with E-state index >= 15 is 0 Å². The van der Waals surface area contributed by atoms with Crippen LogP contribution in [-0.2, 0) is 9.59 Å². The molecule has 0 spiro atoms. The predicted molar refractivity (Wildman–Crippen MR) is 74.9 cm³/mol. The van der Waals surface area contributed by atoms with Gasteiger partial charge >= 0.3 is 11.8 Å². The summed E-state index contributed by atoms with van der Waals surface area (Å²) < 4.78 is 0. The summed E-state index contributed by atoms with van der Waals surface area (Å²) >= 11 is 16.2. The van der Waals surface area contributed by atoms with Crippen LogP contribution >= 0.6 is 35.4 Å². The maximum atomic E-state index is 11.5. The SMILES string of the molecule is NC(=S)CNC(=O)C(=O)Nc1c(Cl)cccc1Cl. The number of rotatable bonds is 3. The number of para-hydroxylation sites is 1. The van der Waals surface area contributed by atoms with E-state index in [1.165, 1.54) is 12.1 Å². The monoisotopic (exact) mass is 305 g/mol. The van der Waals surface area contributed by atoms with Crippen molar-refractivity contribution in [1.29, 1.82) is 0 Å². The first-order valence-electron chi connectivity index (χ1n) is 4.73. The summed E-state index contributed by atoms with van der Waals surface area (Å²) in [4.78, 5) is 22.9. The van der Waals surface area contributed by atoms with Crippen molar-refractivity contribution in [2.24, 2.45) is 5.73 Å². The van der Waals surface area contributed by atoms with E-state index in [0.29, 0.717) is 0 Å². The molecule has 0 saturated heterocycles. The average Bonchev–Trinajstić information content (AvgIpc) is 2.30. The van der Waals surface area contributed by atoms with Gasteiger partial charge in [-0.25, -0.2) is 0 Å². The Labute approximate surface area is 119 Å². The zero-order valence-corrected chi connectivity index (χ0v) is 11.3. The Hall–Kier alpha value is -1.37. The highest BCUT2D eigenvalue weighted by molar-refractivity contribution is 7.80. The number of carbonyl (C=O) groups is 2. The summed E-state index contributed by atoms with van der Waals surface area (Å²) in [5.41, 5.74) is 5.36. The zero-order valence-electron chi connectivity index (χ0n) is 9.00. The molecule has 0 heterocycles. The van der Waals surface area contributed by atoms with E-state index in [-0.39, 0.29) is 27.3 Å². The van der Waals surface area contributed by atoms with Crippen LogP contribution in [0.2, 0.25) is 10.0 Å². The van der Waals surface area contributed by atoms with Crippen LogP contribution in [0, 0.1) is 0 Å². The van der Waals surface area contributed by atoms with Gasteiger partial charge in [-0.1, -0.05) is 41.5 Å². The minimum absolute atomic E-state index is 0.0577. The highest BCUT2D eigenvalue weighted by atomic mass is 35.5. The summed E-state index contributed by atoms with van der Waals surface area (Å²) in [5, 5.41) is 5.01. The van der Waals surface area contributed by atoms with Crippen LogP contribution in [0.3, 0.4) is 0 Å². The number of nitrogens with one attached hydrogen (secondary N) is 2. The van der Waals surface area contributed by atoms with Crippen molar-refractivity contribution in [2.75, 3.05) is 11.9 Å². The molecule has 0 aliphatic rings. The summed E-state index contributed by atoms with van der Waals surface area (Å²) in [6, 6.07) is 4.69. The molecule has 0 atom stereocenters. The molecule has 8 heteroatoms. The van der Waals surface area contributed by atoms with E-state index in [1.807, 2.05) is 0 Å². The molecule has 1 aromatic rings. The minimum Gasteiger partial charge on any atom is -0.392 e. The van der Waals surface area contributed by atoms with Gasteiger partial charge in [0, 0.05) is 0 Å². The molecular weight excluding hydrogens is 297 g/mol. The van der Waals surface area contributed by atoms with Crippen molar-refractivity contribution in [1.82, 2.24) is 5.32 Å². The molecule has 0 aliphatic carbocycles. The van der Waals surface area contributed by atoms with Crippen molar-refractivity contribution >= 4 is 57.9 Å². The van der Waals surface area contributed by atoms with Crippen LogP contribution in [0.25, 0.3) is 0 Å². The van der Waals surface area contributed by atoms with Gasteiger partial charge in [0.1, 0.15) is 0 Å². The topological polar surface area (TPSA) is 84.2 Å². The molecule has 0 fully saturated rings. The highest BCUT2D eigenvalue weighted by Gasteiger charge is 2.16. The Morgan fingerprint density at radius 2 is 1.78 bits per heavy atom. The maximum absolute atomic E-state index is 11.5. The number of amides is 2. The number of anilines is 1. The lowest BCUT2D eigenvalue weighted by Crippen LogP contribution is -2.39. The number of carbonyl (C=O) groups excluding carboxylic acids is 2. The molecule has 0 aromatic heterocycles. The first-order valence-corrected chi connectivity index (χ1v) is 5.89. The Morgan fingerprint density at radius 1 is 1.22 bits per heavy atom. The van der Waals surface area contributed by atoms with Gasteiger partial charge in [-0.05, 0) is 12.1 Å². The number of nitrogens with two attached hydrogens (primary N) is 1. The fourth-order valence-electron chi connectivity index (χ4n) is 1.04. The van der Waals surface area contributed by atoms with Crippen LogP contribution in [-0.4, -0.2) is 23.3 Å². The second kappa shape index (κ2) is 6.53. The number of hydrogen-bond acceptors (Lipinski definition) is 3. The van der Waals surface area contributed by atoms with E-state index < -0.39 is 11.8 Å². The first kappa shape index (κ1) is 14.7. The van der Waals surface area contributed by atoms with Crippen molar-refractivity contribution in [3.05, 3.63) is 28.2 Å². The summed E-state index contributed by atoms with van der Waals surface area (Å²) in [7, 11) is 0. The van der Waals surface area contributed by atoms with Gasteiger partial charge in [-0.3, -0.25) is 9.59 Å². The number of benzene rings is 1. The van der Waals surface area contributed by atoms with Crippen molar-refractivity contribution < 1.29 is 9.59 Å². The van der Waals surface area contributed by atoms with Gasteiger partial charge in [0.2, 0.25) is 0 Å².